The van der Waals surface area contributed by atoms with Crippen LogP contribution in [0.2, 0.25) is 10.0 Å². The quantitative estimate of drug-likeness (QED) is 0.568. The highest BCUT2D eigenvalue weighted by molar-refractivity contribution is 7.89. The van der Waals surface area contributed by atoms with E-state index in [-0.39, 0.29) is 33.1 Å². The third-order valence-electron chi connectivity index (χ3n) is 4.20. The number of nitrogens with one attached hydrogen (secondary N) is 3. The van der Waals surface area contributed by atoms with Gasteiger partial charge in [-0.25, -0.2) is 13.1 Å². The summed E-state index contributed by atoms with van der Waals surface area (Å²) in [6.45, 7) is 0.0412. The number of benzene rings is 2. The molecule has 7 nitrogen and oxygen atoms in total. The van der Waals surface area contributed by atoms with Crippen LogP contribution in [0.4, 0.5) is 0 Å². The first-order valence-electron chi connectivity index (χ1n) is 8.86. The Labute approximate surface area is 178 Å². The lowest BCUT2D eigenvalue weighted by atomic mass is 10.2. The van der Waals surface area contributed by atoms with E-state index in [4.69, 9.17) is 23.2 Å². The van der Waals surface area contributed by atoms with Crippen LogP contribution in [0.3, 0.4) is 0 Å². The van der Waals surface area contributed by atoms with Crippen molar-refractivity contribution in [2.24, 2.45) is 0 Å². The molecule has 10 heteroatoms. The third kappa shape index (κ3) is 5.93. The van der Waals surface area contributed by atoms with Gasteiger partial charge in [-0.2, -0.15) is 0 Å². The van der Waals surface area contributed by atoms with Crippen molar-refractivity contribution >= 4 is 45.0 Å². The van der Waals surface area contributed by atoms with Crippen molar-refractivity contribution in [1.82, 2.24) is 15.4 Å². The molecule has 1 aliphatic rings. The van der Waals surface area contributed by atoms with Crippen molar-refractivity contribution in [2.75, 3.05) is 6.54 Å². The van der Waals surface area contributed by atoms with Gasteiger partial charge in [-0.05, 0) is 30.5 Å². The Balaban J connectivity index is 1.64. The summed E-state index contributed by atoms with van der Waals surface area (Å²) in [7, 11) is -3.87. The molecule has 2 aromatic rings. The number of carbonyl (C=O) groups excluding carboxylic acids is 2. The average Bonchev–Trinajstić information content (AvgIpc) is 3.48. The second kappa shape index (κ2) is 9.13. The van der Waals surface area contributed by atoms with Gasteiger partial charge in [-0.3, -0.25) is 9.59 Å². The zero-order chi connectivity index (χ0) is 21.0. The zero-order valence-corrected chi connectivity index (χ0v) is 17.6. The van der Waals surface area contributed by atoms with Gasteiger partial charge < -0.3 is 10.6 Å². The zero-order valence-electron chi connectivity index (χ0n) is 15.2. The average molecular weight is 456 g/mol. The Kier molecular flexibility index (Phi) is 6.79. The number of halogens is 2. The number of amides is 2. The monoisotopic (exact) mass is 455 g/mol. The van der Waals surface area contributed by atoms with Gasteiger partial charge in [-0.15, -0.1) is 0 Å². The number of sulfonamides is 1. The smallest absolute Gasteiger partial charge is 0.253 e. The molecular weight excluding hydrogens is 437 g/mol. The number of carbonyl (C=O) groups is 2. The summed E-state index contributed by atoms with van der Waals surface area (Å²) in [5.74, 6) is -1.07. The van der Waals surface area contributed by atoms with Gasteiger partial charge in [0.25, 0.3) is 5.91 Å². The molecule has 1 aliphatic carbocycles. The van der Waals surface area contributed by atoms with Crippen LogP contribution in [0.15, 0.2) is 47.4 Å². The first kappa shape index (κ1) is 21.6. The molecule has 0 aromatic heterocycles. The minimum Gasteiger partial charge on any atom is -0.350 e. The van der Waals surface area contributed by atoms with Gasteiger partial charge in [0, 0.05) is 12.6 Å². The predicted octanol–water partition coefficient (Wildman–Crippen LogP) is 2.48. The van der Waals surface area contributed by atoms with Crippen molar-refractivity contribution < 1.29 is 18.0 Å². The van der Waals surface area contributed by atoms with E-state index in [0.29, 0.717) is 6.54 Å². The van der Waals surface area contributed by atoms with Crippen LogP contribution in [-0.2, 0) is 21.4 Å². The lowest BCUT2D eigenvalue weighted by Gasteiger charge is -2.12. The first-order valence-corrected chi connectivity index (χ1v) is 11.1. The van der Waals surface area contributed by atoms with Crippen molar-refractivity contribution in [2.45, 2.75) is 30.3 Å². The summed E-state index contributed by atoms with van der Waals surface area (Å²) in [5.41, 5.74) is 0.842. The Morgan fingerprint density at radius 2 is 1.69 bits per heavy atom. The predicted molar refractivity (Wildman–Crippen MR) is 110 cm³/mol. The molecule has 2 amide bonds. The van der Waals surface area contributed by atoms with E-state index in [1.165, 1.54) is 6.07 Å². The van der Waals surface area contributed by atoms with E-state index < -0.39 is 21.8 Å². The highest BCUT2D eigenvalue weighted by atomic mass is 35.5. The summed E-state index contributed by atoms with van der Waals surface area (Å²) in [5, 5.41) is 5.02. The highest BCUT2D eigenvalue weighted by Crippen LogP contribution is 2.30. The molecule has 0 heterocycles. The molecule has 1 saturated carbocycles. The van der Waals surface area contributed by atoms with Crippen LogP contribution in [0.5, 0.6) is 0 Å². The Morgan fingerprint density at radius 1 is 1.00 bits per heavy atom. The van der Waals surface area contributed by atoms with Crippen LogP contribution < -0.4 is 15.4 Å². The second-order valence-corrected chi connectivity index (χ2v) is 9.10. The largest absolute Gasteiger partial charge is 0.350 e. The molecule has 154 valence electrons. The summed E-state index contributed by atoms with van der Waals surface area (Å²) in [6, 6.07) is 11.5. The van der Waals surface area contributed by atoms with Gasteiger partial charge in [0.2, 0.25) is 15.9 Å². The fourth-order valence-corrected chi connectivity index (χ4v) is 4.67. The van der Waals surface area contributed by atoms with Gasteiger partial charge in [0.1, 0.15) is 4.90 Å². The van der Waals surface area contributed by atoms with E-state index in [0.717, 1.165) is 24.5 Å². The fraction of sp³-hybridized carbons (Fsp3) is 0.263. The molecule has 2 aromatic carbocycles. The van der Waals surface area contributed by atoms with Crippen molar-refractivity contribution in [3.05, 3.63) is 63.6 Å². The maximum absolute atomic E-state index is 12.4. The molecule has 0 saturated heterocycles. The lowest BCUT2D eigenvalue weighted by molar-refractivity contribution is -0.120. The van der Waals surface area contributed by atoms with Crippen LogP contribution >= 0.6 is 23.2 Å². The molecule has 0 atom stereocenters. The molecule has 3 rings (SSSR count). The molecule has 0 radical (unpaired) electrons. The van der Waals surface area contributed by atoms with Gasteiger partial charge >= 0.3 is 0 Å². The van der Waals surface area contributed by atoms with Gasteiger partial charge in [0.05, 0.1) is 22.2 Å². The SMILES string of the molecule is O=C(CNC(=O)c1cc(S(=O)(=O)NC2CC2)c(Cl)cc1Cl)NCc1ccccc1. The van der Waals surface area contributed by atoms with Crippen molar-refractivity contribution in [1.29, 1.82) is 0 Å². The van der Waals surface area contributed by atoms with E-state index in [1.807, 2.05) is 30.3 Å². The summed E-state index contributed by atoms with van der Waals surface area (Å²) >= 11 is 12.1. The minimum absolute atomic E-state index is 0.0115. The fourth-order valence-electron chi connectivity index (χ4n) is 2.51. The summed E-state index contributed by atoms with van der Waals surface area (Å²) in [4.78, 5) is 24.2. The maximum Gasteiger partial charge on any atom is 0.253 e. The standard InChI is InChI=1S/C19H19Cl2N3O4S/c20-15-9-16(21)17(29(27,28)24-13-6-7-13)8-14(15)19(26)23-11-18(25)22-10-12-4-2-1-3-5-12/h1-5,8-9,13,24H,6-7,10-11H2,(H,22,25)(H,23,26). The van der Waals surface area contributed by atoms with Crippen molar-refractivity contribution in [3.63, 3.8) is 0 Å². The summed E-state index contributed by atoms with van der Waals surface area (Å²) < 4.78 is 27.4. The van der Waals surface area contributed by atoms with Gasteiger partial charge in [0.15, 0.2) is 0 Å². The van der Waals surface area contributed by atoms with E-state index in [9.17, 15) is 18.0 Å². The second-order valence-electron chi connectivity index (χ2n) is 6.60. The molecule has 0 unspecified atom stereocenters. The van der Waals surface area contributed by atoms with Gasteiger partial charge in [-0.1, -0.05) is 53.5 Å². The Hall–Kier alpha value is -2.13. The normalized spacial score (nSPS) is 13.7. The molecular formula is C19H19Cl2N3O4S. The minimum atomic E-state index is -3.87. The van der Waals surface area contributed by atoms with E-state index >= 15 is 0 Å². The number of hydrogen-bond acceptors (Lipinski definition) is 4. The highest BCUT2D eigenvalue weighted by Gasteiger charge is 2.30. The third-order valence-corrected chi connectivity index (χ3v) is 6.49. The lowest BCUT2D eigenvalue weighted by Crippen LogP contribution is -2.36. The molecule has 0 aliphatic heterocycles. The van der Waals surface area contributed by atoms with E-state index in [1.54, 1.807) is 0 Å². The van der Waals surface area contributed by atoms with Crippen molar-refractivity contribution in [3.8, 4) is 0 Å². The van der Waals surface area contributed by atoms with Crippen LogP contribution in [0, 0.1) is 0 Å². The van der Waals surface area contributed by atoms with Crippen LogP contribution in [0.25, 0.3) is 0 Å². The molecule has 0 spiro atoms. The molecule has 0 bridgehead atoms. The van der Waals surface area contributed by atoms with Crippen LogP contribution in [0.1, 0.15) is 28.8 Å². The number of hydrogen-bond donors (Lipinski definition) is 3. The van der Waals surface area contributed by atoms with E-state index in [2.05, 4.69) is 15.4 Å². The topological polar surface area (TPSA) is 104 Å². The first-order chi connectivity index (χ1) is 13.8. The molecule has 1 fully saturated rings. The summed E-state index contributed by atoms with van der Waals surface area (Å²) in [6.07, 6.45) is 1.52. The Bertz CT molecular complexity index is 1030. The maximum atomic E-state index is 12.4. The molecule has 3 N–H and O–H groups in total. The van der Waals surface area contributed by atoms with Crippen LogP contribution in [-0.4, -0.2) is 32.8 Å². The number of rotatable bonds is 8. The Morgan fingerprint density at radius 3 is 2.34 bits per heavy atom. The molecule has 29 heavy (non-hydrogen) atoms.